The summed E-state index contributed by atoms with van der Waals surface area (Å²) in [6, 6.07) is 0. The number of ether oxygens (including phenoxy) is 1. The van der Waals surface area contributed by atoms with Crippen molar-refractivity contribution in [3.63, 3.8) is 0 Å². The van der Waals surface area contributed by atoms with Crippen LogP contribution in [0.4, 0.5) is 0 Å². The molecule has 0 unspecified atom stereocenters. The molecule has 26 heavy (non-hydrogen) atoms. The van der Waals surface area contributed by atoms with Crippen LogP contribution < -0.4 is 0 Å². The Labute approximate surface area is 149 Å². The molecule has 0 spiro atoms. The minimum atomic E-state index is -0.641. The molecule has 2 rings (SSSR count). The first-order valence-electron chi connectivity index (χ1n) is 7.64. The predicted octanol–water partition coefficient (Wildman–Crippen LogP) is 1.72. The molecule has 138 valence electrons. The number of hydrogen-bond acceptors (Lipinski definition) is 8. The number of carbonyl (C=O) groups excluding carboxylic acids is 2. The summed E-state index contributed by atoms with van der Waals surface area (Å²) in [6.45, 7) is 7.48. The monoisotopic (exact) mass is 361 g/mol. The largest absolute Gasteiger partial charge is 0.508 e. The Kier molecular flexibility index (Phi) is 5.01. The third-order valence-electron chi connectivity index (χ3n) is 3.80. The third-order valence-corrected chi connectivity index (χ3v) is 3.80. The summed E-state index contributed by atoms with van der Waals surface area (Å²) in [5, 5.41) is 41.9. The van der Waals surface area contributed by atoms with Gasteiger partial charge < -0.3 is 25.5 Å². The van der Waals surface area contributed by atoms with E-state index in [0.717, 1.165) is 4.68 Å². The fraction of sp³-hybridized carbons (Fsp3) is 0.294. The fourth-order valence-electron chi connectivity index (χ4n) is 2.71. The van der Waals surface area contributed by atoms with Gasteiger partial charge in [-0.3, -0.25) is 9.59 Å². The number of Topliss-reactive ketones (excluding diaryl/α,β-unsaturated/α-hetero) is 1. The Hall–Kier alpha value is -3.36. The molecule has 0 aromatic carbocycles. The second-order valence-electron chi connectivity index (χ2n) is 5.72. The number of rotatable bonds is 6. The highest BCUT2D eigenvalue weighted by Crippen LogP contribution is 2.43. The van der Waals surface area contributed by atoms with E-state index in [9.17, 15) is 24.9 Å². The minimum Gasteiger partial charge on any atom is -0.508 e. The molecule has 0 radical (unpaired) electrons. The minimum absolute atomic E-state index is 0.0188. The van der Waals surface area contributed by atoms with Crippen LogP contribution >= 0.6 is 0 Å². The van der Waals surface area contributed by atoms with E-state index in [1.54, 1.807) is 6.92 Å². The van der Waals surface area contributed by atoms with Gasteiger partial charge in [0.05, 0.1) is 34.5 Å². The standard InChI is InChI=1S/C17H19N3O6/c1-7(18)11(9(3)21)13-15(23)14(16(13)24)12-8(2)19-20(17(12)25)5-6-26-10(4)22/h18,21,23,25H,3,5-6H2,1-2,4H3/b13-11-,18-7?. The van der Waals surface area contributed by atoms with Gasteiger partial charge in [-0.15, -0.1) is 0 Å². The van der Waals surface area contributed by atoms with Gasteiger partial charge in [-0.2, -0.15) is 5.10 Å². The third kappa shape index (κ3) is 3.10. The summed E-state index contributed by atoms with van der Waals surface area (Å²) in [5.74, 6) is -2.44. The molecular weight excluding hydrogens is 342 g/mol. The normalized spacial score (nSPS) is 15.6. The number of aliphatic hydroxyl groups excluding tert-OH is 2. The van der Waals surface area contributed by atoms with Crippen LogP contribution in [0.5, 0.6) is 5.88 Å². The van der Waals surface area contributed by atoms with Crippen molar-refractivity contribution in [1.82, 2.24) is 9.78 Å². The van der Waals surface area contributed by atoms with E-state index < -0.39 is 23.3 Å². The molecule has 1 aliphatic rings. The molecule has 0 fully saturated rings. The van der Waals surface area contributed by atoms with E-state index in [1.165, 1.54) is 13.8 Å². The SMILES string of the molecule is C=C(O)/C(C(C)=N)=C1\C(=O)C(c2c(C)nn(CCOC(C)=O)c2O)=C1O. The van der Waals surface area contributed by atoms with Crippen LogP contribution in [0.3, 0.4) is 0 Å². The molecule has 0 bridgehead atoms. The summed E-state index contributed by atoms with van der Waals surface area (Å²) in [7, 11) is 0. The van der Waals surface area contributed by atoms with Crippen LogP contribution in [0.25, 0.3) is 5.57 Å². The molecule has 9 heteroatoms. The van der Waals surface area contributed by atoms with E-state index in [2.05, 4.69) is 11.7 Å². The number of nitrogens with one attached hydrogen (secondary N) is 1. The predicted molar refractivity (Wildman–Crippen MR) is 92.0 cm³/mol. The molecule has 1 aliphatic carbocycles. The van der Waals surface area contributed by atoms with E-state index in [1.807, 2.05) is 0 Å². The van der Waals surface area contributed by atoms with Crippen molar-refractivity contribution < 1.29 is 29.6 Å². The van der Waals surface area contributed by atoms with Gasteiger partial charge in [0.1, 0.15) is 18.1 Å². The average molecular weight is 361 g/mol. The van der Waals surface area contributed by atoms with Gasteiger partial charge in [0.15, 0.2) is 0 Å². The topological polar surface area (TPSA) is 146 Å². The number of hydrogen-bond donors (Lipinski definition) is 4. The first-order chi connectivity index (χ1) is 12.1. The van der Waals surface area contributed by atoms with Gasteiger partial charge in [-0.05, 0) is 13.8 Å². The summed E-state index contributed by atoms with van der Waals surface area (Å²) in [4.78, 5) is 23.3. The number of nitrogens with zero attached hydrogens (tertiary/aromatic N) is 2. The van der Waals surface area contributed by atoms with Crippen LogP contribution in [0.2, 0.25) is 0 Å². The zero-order valence-corrected chi connectivity index (χ0v) is 14.6. The van der Waals surface area contributed by atoms with Crippen molar-refractivity contribution in [3.05, 3.63) is 40.5 Å². The zero-order chi connectivity index (χ0) is 19.8. The molecule has 9 nitrogen and oxygen atoms in total. The van der Waals surface area contributed by atoms with Crippen molar-refractivity contribution in [2.24, 2.45) is 0 Å². The van der Waals surface area contributed by atoms with Crippen molar-refractivity contribution in [3.8, 4) is 5.88 Å². The van der Waals surface area contributed by atoms with Gasteiger partial charge in [0, 0.05) is 12.6 Å². The highest BCUT2D eigenvalue weighted by Gasteiger charge is 2.41. The number of allylic oxidation sites excluding steroid dienone is 3. The van der Waals surface area contributed by atoms with Crippen molar-refractivity contribution in [2.45, 2.75) is 27.3 Å². The first kappa shape index (κ1) is 19.0. The summed E-state index contributed by atoms with van der Waals surface area (Å²) in [5.41, 5.74) is -0.347. The lowest BCUT2D eigenvalue weighted by Gasteiger charge is -2.24. The fourth-order valence-corrected chi connectivity index (χ4v) is 2.71. The summed E-state index contributed by atoms with van der Waals surface area (Å²) < 4.78 is 5.94. The van der Waals surface area contributed by atoms with Crippen LogP contribution in [0, 0.1) is 12.3 Å². The second-order valence-corrected chi connectivity index (χ2v) is 5.72. The molecule has 4 N–H and O–H groups in total. The number of carbonyl (C=O) groups is 2. The molecule has 0 saturated heterocycles. The number of aromatic nitrogens is 2. The van der Waals surface area contributed by atoms with Crippen LogP contribution in [0.1, 0.15) is 25.1 Å². The number of ketones is 1. The van der Waals surface area contributed by atoms with Crippen LogP contribution in [0.15, 0.2) is 29.2 Å². The van der Waals surface area contributed by atoms with Crippen molar-refractivity contribution >= 4 is 23.0 Å². The average Bonchev–Trinajstić information content (AvgIpc) is 2.79. The summed E-state index contributed by atoms with van der Waals surface area (Å²) in [6.07, 6.45) is 0. The number of aromatic hydroxyl groups is 1. The highest BCUT2D eigenvalue weighted by molar-refractivity contribution is 6.41. The van der Waals surface area contributed by atoms with E-state index in [0.29, 0.717) is 0 Å². The lowest BCUT2D eigenvalue weighted by molar-refractivity contribution is -0.141. The Bertz CT molecular complexity index is 888. The van der Waals surface area contributed by atoms with Gasteiger partial charge in [0.2, 0.25) is 11.7 Å². The van der Waals surface area contributed by atoms with E-state index in [4.69, 9.17) is 10.1 Å². The lowest BCUT2D eigenvalue weighted by Crippen LogP contribution is -2.25. The van der Waals surface area contributed by atoms with Crippen LogP contribution in [-0.4, -0.2) is 49.2 Å². The Morgan fingerprint density at radius 2 is 1.96 bits per heavy atom. The molecule has 0 saturated carbocycles. The maximum absolute atomic E-state index is 12.5. The molecule has 1 heterocycles. The molecule has 1 aromatic heterocycles. The maximum Gasteiger partial charge on any atom is 0.302 e. The van der Waals surface area contributed by atoms with Crippen molar-refractivity contribution in [1.29, 1.82) is 5.41 Å². The second kappa shape index (κ2) is 6.87. The lowest BCUT2D eigenvalue weighted by atomic mass is 9.79. The molecule has 0 aliphatic heterocycles. The number of esters is 1. The van der Waals surface area contributed by atoms with Crippen LogP contribution in [-0.2, 0) is 20.9 Å². The Morgan fingerprint density at radius 3 is 2.42 bits per heavy atom. The molecule has 0 atom stereocenters. The molecular formula is C17H19N3O6. The Balaban J connectivity index is 2.47. The van der Waals surface area contributed by atoms with Gasteiger partial charge >= 0.3 is 5.97 Å². The van der Waals surface area contributed by atoms with Gasteiger partial charge in [0.25, 0.3) is 0 Å². The van der Waals surface area contributed by atoms with Crippen molar-refractivity contribution in [2.75, 3.05) is 6.61 Å². The zero-order valence-electron chi connectivity index (χ0n) is 14.6. The highest BCUT2D eigenvalue weighted by atomic mass is 16.5. The Morgan fingerprint density at radius 1 is 1.35 bits per heavy atom. The number of aliphatic hydroxyl groups is 2. The van der Waals surface area contributed by atoms with Gasteiger partial charge in [-0.1, -0.05) is 6.58 Å². The smallest absolute Gasteiger partial charge is 0.302 e. The quantitative estimate of drug-likeness (QED) is 0.261. The summed E-state index contributed by atoms with van der Waals surface area (Å²) >= 11 is 0. The molecule has 1 aromatic rings. The van der Waals surface area contributed by atoms with E-state index >= 15 is 0 Å². The number of aryl methyl sites for hydroxylation is 1. The molecule has 0 amide bonds. The maximum atomic E-state index is 12.5. The van der Waals surface area contributed by atoms with E-state index in [-0.39, 0.29) is 52.7 Å². The van der Waals surface area contributed by atoms with Gasteiger partial charge in [-0.25, -0.2) is 4.68 Å². The first-order valence-corrected chi connectivity index (χ1v) is 7.64.